The van der Waals surface area contributed by atoms with Crippen molar-refractivity contribution in [3.05, 3.63) is 65.2 Å². The summed E-state index contributed by atoms with van der Waals surface area (Å²) < 4.78 is 0. The lowest BCUT2D eigenvalue weighted by atomic mass is 10.0. The summed E-state index contributed by atoms with van der Waals surface area (Å²) in [7, 11) is 0. The molecule has 3 N–H and O–H groups in total. The molecular formula is C21H26N2O3. The van der Waals surface area contributed by atoms with E-state index in [4.69, 9.17) is 0 Å². The first-order valence-corrected chi connectivity index (χ1v) is 9.05. The van der Waals surface area contributed by atoms with Crippen molar-refractivity contribution in [1.29, 1.82) is 0 Å². The quantitative estimate of drug-likeness (QED) is 0.744. The van der Waals surface area contributed by atoms with E-state index in [0.717, 1.165) is 18.4 Å². The zero-order valence-electron chi connectivity index (χ0n) is 15.3. The molecule has 1 saturated carbocycles. The van der Waals surface area contributed by atoms with Crippen LogP contribution in [0.3, 0.4) is 0 Å². The van der Waals surface area contributed by atoms with Gasteiger partial charge in [0.25, 0.3) is 0 Å². The predicted molar refractivity (Wildman–Crippen MR) is 101 cm³/mol. The van der Waals surface area contributed by atoms with Gasteiger partial charge in [-0.15, -0.1) is 0 Å². The number of aryl methyl sites for hydroxylation is 1. The average Bonchev–Trinajstić information content (AvgIpc) is 3.40. The molecule has 0 bridgehead atoms. The minimum atomic E-state index is -0.845. The Balaban J connectivity index is 1.67. The lowest BCUT2D eigenvalue weighted by molar-refractivity contribution is 0.121. The molecule has 0 saturated heterocycles. The normalized spacial score (nSPS) is 16.0. The van der Waals surface area contributed by atoms with E-state index in [-0.39, 0.29) is 23.9 Å². The fraction of sp³-hybridized carbons (Fsp3) is 0.381. The highest BCUT2D eigenvalue weighted by atomic mass is 16.3. The maximum Gasteiger partial charge on any atom is 0.318 e. The van der Waals surface area contributed by atoms with Crippen molar-refractivity contribution in [1.82, 2.24) is 10.2 Å². The second-order valence-corrected chi connectivity index (χ2v) is 7.03. The Hall–Kier alpha value is -2.53. The number of hydrogen-bond acceptors (Lipinski definition) is 3. The molecule has 1 fully saturated rings. The molecule has 2 aromatic carbocycles. The Kier molecular flexibility index (Phi) is 5.18. The van der Waals surface area contributed by atoms with Crippen LogP contribution in [0.15, 0.2) is 48.5 Å². The summed E-state index contributed by atoms with van der Waals surface area (Å²) in [6.07, 6.45) is 1.01. The van der Waals surface area contributed by atoms with Crippen LogP contribution in [-0.2, 0) is 5.54 Å². The smallest absolute Gasteiger partial charge is 0.318 e. The Morgan fingerprint density at radius 3 is 2.58 bits per heavy atom. The number of aliphatic hydroxyl groups excluding tert-OH is 1. The van der Waals surface area contributed by atoms with Crippen LogP contribution in [-0.4, -0.2) is 34.2 Å². The summed E-state index contributed by atoms with van der Waals surface area (Å²) in [6.45, 7) is 4.60. The number of benzene rings is 2. The van der Waals surface area contributed by atoms with Crippen molar-refractivity contribution in [3.63, 3.8) is 0 Å². The van der Waals surface area contributed by atoms with E-state index in [2.05, 4.69) is 17.4 Å². The molecule has 138 valence electrons. The van der Waals surface area contributed by atoms with Gasteiger partial charge in [-0.3, -0.25) is 0 Å². The number of hydrogen-bond donors (Lipinski definition) is 3. The number of carbonyl (C=O) groups excluding carboxylic acids is 1. The first kappa shape index (κ1) is 18.3. The van der Waals surface area contributed by atoms with E-state index in [9.17, 15) is 15.0 Å². The molecule has 1 atom stereocenters. The molecule has 3 rings (SSSR count). The van der Waals surface area contributed by atoms with Gasteiger partial charge in [-0.05, 0) is 49.9 Å². The minimum absolute atomic E-state index is 0.102. The molecule has 5 heteroatoms. The summed E-state index contributed by atoms with van der Waals surface area (Å²) >= 11 is 0. The SMILES string of the molecule is CCN(C[C@@H](O)c1cccc(O)c1)C(=O)NC1(c2cccc(C)c2)CC1. The van der Waals surface area contributed by atoms with Crippen molar-refractivity contribution in [2.24, 2.45) is 0 Å². The van der Waals surface area contributed by atoms with Crippen molar-refractivity contribution in [2.75, 3.05) is 13.1 Å². The highest BCUT2D eigenvalue weighted by molar-refractivity contribution is 5.76. The number of urea groups is 1. The molecule has 2 amide bonds. The van der Waals surface area contributed by atoms with Crippen LogP contribution in [0, 0.1) is 6.92 Å². The zero-order chi connectivity index (χ0) is 18.7. The molecule has 26 heavy (non-hydrogen) atoms. The van der Waals surface area contributed by atoms with Gasteiger partial charge in [0.2, 0.25) is 0 Å². The second kappa shape index (κ2) is 7.38. The molecule has 0 unspecified atom stereocenters. The first-order valence-electron chi connectivity index (χ1n) is 9.05. The number of carbonyl (C=O) groups is 1. The topological polar surface area (TPSA) is 72.8 Å². The fourth-order valence-electron chi connectivity index (χ4n) is 3.24. The molecule has 2 aromatic rings. The van der Waals surface area contributed by atoms with Crippen LogP contribution in [0.1, 0.15) is 42.6 Å². The lowest BCUT2D eigenvalue weighted by Gasteiger charge is -2.28. The minimum Gasteiger partial charge on any atom is -0.508 e. The van der Waals surface area contributed by atoms with Crippen molar-refractivity contribution in [3.8, 4) is 5.75 Å². The molecule has 1 aliphatic carbocycles. The Morgan fingerprint density at radius 2 is 1.96 bits per heavy atom. The predicted octanol–water partition coefficient (Wildman–Crippen LogP) is 3.45. The van der Waals surface area contributed by atoms with Gasteiger partial charge in [-0.1, -0.05) is 42.0 Å². The van der Waals surface area contributed by atoms with E-state index in [1.54, 1.807) is 23.1 Å². The summed E-state index contributed by atoms with van der Waals surface area (Å²) in [6, 6.07) is 14.6. The van der Waals surface area contributed by atoms with E-state index in [0.29, 0.717) is 12.1 Å². The van der Waals surface area contributed by atoms with E-state index >= 15 is 0 Å². The highest BCUT2D eigenvalue weighted by Crippen LogP contribution is 2.45. The lowest BCUT2D eigenvalue weighted by Crippen LogP contribution is -2.46. The van der Waals surface area contributed by atoms with Gasteiger partial charge in [0.1, 0.15) is 5.75 Å². The monoisotopic (exact) mass is 354 g/mol. The fourth-order valence-corrected chi connectivity index (χ4v) is 3.24. The molecular weight excluding hydrogens is 328 g/mol. The van der Waals surface area contributed by atoms with E-state index in [1.807, 2.05) is 26.0 Å². The number of nitrogens with one attached hydrogen (secondary N) is 1. The molecule has 0 aromatic heterocycles. The van der Waals surface area contributed by atoms with Crippen LogP contribution in [0.4, 0.5) is 4.79 Å². The number of nitrogens with zero attached hydrogens (tertiary/aromatic N) is 1. The summed E-state index contributed by atoms with van der Waals surface area (Å²) in [4.78, 5) is 14.4. The number of phenolic OH excluding ortho intramolecular Hbond substituents is 1. The molecule has 0 heterocycles. The van der Waals surface area contributed by atoms with Crippen molar-refractivity contribution < 1.29 is 15.0 Å². The molecule has 1 aliphatic rings. The number of likely N-dealkylation sites (N-methyl/N-ethyl adjacent to an activating group) is 1. The van der Waals surface area contributed by atoms with Gasteiger partial charge in [-0.25, -0.2) is 4.79 Å². The average molecular weight is 354 g/mol. The summed E-state index contributed by atoms with van der Waals surface area (Å²) in [5.74, 6) is 0.102. The van der Waals surface area contributed by atoms with Crippen molar-refractivity contribution >= 4 is 6.03 Å². The highest BCUT2D eigenvalue weighted by Gasteiger charge is 2.46. The third-order valence-corrected chi connectivity index (χ3v) is 4.98. The van der Waals surface area contributed by atoms with Gasteiger partial charge >= 0.3 is 6.03 Å². The number of phenols is 1. The Labute approximate surface area is 154 Å². The maximum atomic E-state index is 12.8. The maximum absolute atomic E-state index is 12.8. The largest absolute Gasteiger partial charge is 0.508 e. The standard InChI is InChI=1S/C21H26N2O3/c1-3-23(14-19(25)16-7-5-9-18(24)13-16)20(26)22-21(10-11-21)17-8-4-6-15(2)12-17/h4-9,12-13,19,24-25H,3,10-11,14H2,1-2H3,(H,22,26)/t19-/m1/s1. The number of aromatic hydroxyl groups is 1. The van der Waals surface area contributed by atoms with Crippen LogP contribution < -0.4 is 5.32 Å². The Morgan fingerprint density at radius 1 is 1.23 bits per heavy atom. The number of aliphatic hydroxyl groups is 1. The summed E-state index contributed by atoms with van der Waals surface area (Å²) in [5.41, 5.74) is 2.62. The van der Waals surface area contributed by atoms with Gasteiger partial charge in [0.15, 0.2) is 0 Å². The first-order chi connectivity index (χ1) is 12.4. The van der Waals surface area contributed by atoms with Crippen LogP contribution in [0.2, 0.25) is 0 Å². The number of amides is 2. The molecule has 5 nitrogen and oxygen atoms in total. The molecule has 0 aliphatic heterocycles. The van der Waals surface area contributed by atoms with Gasteiger partial charge < -0.3 is 20.4 Å². The number of rotatable bonds is 6. The van der Waals surface area contributed by atoms with Crippen molar-refractivity contribution in [2.45, 2.75) is 38.3 Å². The third-order valence-electron chi connectivity index (χ3n) is 4.98. The molecule has 0 radical (unpaired) electrons. The Bertz CT molecular complexity index is 786. The molecule has 0 spiro atoms. The van der Waals surface area contributed by atoms with E-state index in [1.165, 1.54) is 11.6 Å². The van der Waals surface area contributed by atoms with Gasteiger partial charge in [-0.2, -0.15) is 0 Å². The van der Waals surface area contributed by atoms with Gasteiger partial charge in [0, 0.05) is 6.54 Å². The summed E-state index contributed by atoms with van der Waals surface area (Å²) in [5, 5.41) is 23.2. The van der Waals surface area contributed by atoms with Crippen LogP contribution in [0.25, 0.3) is 0 Å². The zero-order valence-corrected chi connectivity index (χ0v) is 15.3. The van der Waals surface area contributed by atoms with Gasteiger partial charge in [0.05, 0.1) is 18.2 Å². The third kappa shape index (κ3) is 3.99. The second-order valence-electron chi connectivity index (χ2n) is 7.03. The van der Waals surface area contributed by atoms with E-state index < -0.39 is 6.10 Å². The van der Waals surface area contributed by atoms with Crippen LogP contribution in [0.5, 0.6) is 5.75 Å². The van der Waals surface area contributed by atoms with Crippen LogP contribution >= 0.6 is 0 Å².